The van der Waals surface area contributed by atoms with E-state index in [2.05, 4.69) is 51.7 Å². The van der Waals surface area contributed by atoms with Crippen LogP contribution < -0.4 is 15.4 Å². The number of nitrogens with zero attached hydrogens (tertiary/aromatic N) is 3. The van der Waals surface area contributed by atoms with Crippen molar-refractivity contribution in [3.8, 4) is 17.2 Å². The molecule has 172 valence electrons. The largest absolute Gasteiger partial charge is 0.497 e. The molecule has 0 aliphatic rings. The van der Waals surface area contributed by atoms with Crippen molar-refractivity contribution in [1.82, 2.24) is 20.5 Å². The van der Waals surface area contributed by atoms with Gasteiger partial charge < -0.3 is 24.7 Å². The normalized spacial score (nSPS) is 12.2. The Morgan fingerprint density at radius 1 is 1.09 bits per heavy atom. The monoisotopic (exact) mass is 549 g/mol. The Morgan fingerprint density at radius 2 is 1.81 bits per heavy atom. The molecule has 0 radical (unpaired) electrons. The van der Waals surface area contributed by atoms with Crippen molar-refractivity contribution in [2.45, 2.75) is 19.5 Å². The Morgan fingerprint density at radius 3 is 2.44 bits per heavy atom. The molecule has 1 aromatic heterocycles. The van der Waals surface area contributed by atoms with Gasteiger partial charge in [-0.3, -0.25) is 0 Å². The third-order valence-electron chi connectivity index (χ3n) is 4.90. The van der Waals surface area contributed by atoms with Crippen LogP contribution in [-0.4, -0.2) is 50.1 Å². The summed E-state index contributed by atoms with van der Waals surface area (Å²) >= 11 is 0. The maximum Gasteiger partial charge on any atom is 0.226 e. The van der Waals surface area contributed by atoms with Crippen molar-refractivity contribution >= 4 is 29.9 Å². The van der Waals surface area contributed by atoms with Crippen LogP contribution in [-0.2, 0) is 6.54 Å². The number of guanidine groups is 1. The smallest absolute Gasteiger partial charge is 0.226 e. The number of nitrogens with one attached hydrogen (secondary N) is 2. The highest BCUT2D eigenvalue weighted by atomic mass is 127. The van der Waals surface area contributed by atoms with Crippen LogP contribution in [0.15, 0.2) is 70.3 Å². The van der Waals surface area contributed by atoms with Crippen molar-refractivity contribution in [2.24, 2.45) is 4.99 Å². The summed E-state index contributed by atoms with van der Waals surface area (Å²) in [5, 5.41) is 6.74. The number of hydrogen-bond acceptors (Lipinski definition) is 5. The van der Waals surface area contributed by atoms with Crippen LogP contribution in [0.2, 0.25) is 0 Å². The standard InChI is InChI=1S/C24H31N5O2.HI/c1-5-25-24(26-15-20-17-31-23(28-20)19-9-7-6-8-10-19)27-16-22(29(2)3)18-11-13-21(30-4)14-12-18;/h6-14,17,22H,5,15-16H2,1-4H3,(H2,25,26,27);1H. The molecule has 8 heteroatoms. The predicted molar refractivity (Wildman–Crippen MR) is 140 cm³/mol. The first kappa shape index (κ1) is 25.7. The number of rotatable bonds is 9. The number of methoxy groups -OCH3 is 1. The fourth-order valence-electron chi connectivity index (χ4n) is 3.21. The minimum atomic E-state index is 0. The molecule has 1 atom stereocenters. The van der Waals surface area contributed by atoms with E-state index in [1.54, 1.807) is 13.4 Å². The first-order chi connectivity index (χ1) is 15.1. The van der Waals surface area contributed by atoms with Crippen LogP contribution in [0, 0.1) is 0 Å². The summed E-state index contributed by atoms with van der Waals surface area (Å²) in [7, 11) is 5.82. The van der Waals surface area contributed by atoms with Gasteiger partial charge in [0, 0.05) is 18.7 Å². The molecule has 1 heterocycles. The SMILES string of the molecule is CCNC(=NCc1coc(-c2ccccc2)n1)NCC(c1ccc(OC)cc1)N(C)C.I. The van der Waals surface area contributed by atoms with Crippen LogP contribution in [0.1, 0.15) is 24.2 Å². The molecular formula is C24H32IN5O2. The molecular weight excluding hydrogens is 517 g/mol. The molecule has 0 bridgehead atoms. The summed E-state index contributed by atoms with van der Waals surface area (Å²) in [5.41, 5.74) is 2.95. The Hall–Kier alpha value is -2.59. The summed E-state index contributed by atoms with van der Waals surface area (Å²) in [6.45, 7) is 3.96. The first-order valence-corrected chi connectivity index (χ1v) is 10.4. The minimum Gasteiger partial charge on any atom is -0.497 e. The van der Waals surface area contributed by atoms with E-state index in [9.17, 15) is 0 Å². The third-order valence-corrected chi connectivity index (χ3v) is 4.90. The molecule has 3 aromatic rings. The van der Waals surface area contributed by atoms with E-state index in [1.807, 2.05) is 49.4 Å². The lowest BCUT2D eigenvalue weighted by molar-refractivity contribution is 0.298. The second-order valence-corrected chi connectivity index (χ2v) is 7.34. The molecule has 3 rings (SSSR count). The number of hydrogen-bond donors (Lipinski definition) is 2. The molecule has 2 N–H and O–H groups in total. The van der Waals surface area contributed by atoms with Gasteiger partial charge in [0.2, 0.25) is 5.89 Å². The summed E-state index contributed by atoms with van der Waals surface area (Å²) in [5.74, 6) is 2.20. The van der Waals surface area contributed by atoms with Gasteiger partial charge in [-0.15, -0.1) is 24.0 Å². The van der Waals surface area contributed by atoms with Crippen LogP contribution in [0.5, 0.6) is 5.75 Å². The van der Waals surface area contributed by atoms with Gasteiger partial charge >= 0.3 is 0 Å². The van der Waals surface area contributed by atoms with Crippen LogP contribution in [0.25, 0.3) is 11.5 Å². The molecule has 0 aliphatic heterocycles. The molecule has 0 spiro atoms. The summed E-state index contributed by atoms with van der Waals surface area (Å²) in [6.07, 6.45) is 1.66. The summed E-state index contributed by atoms with van der Waals surface area (Å²) < 4.78 is 10.9. The fourth-order valence-corrected chi connectivity index (χ4v) is 3.21. The zero-order valence-electron chi connectivity index (χ0n) is 19.0. The molecule has 0 saturated carbocycles. The molecule has 0 fully saturated rings. The highest BCUT2D eigenvalue weighted by Gasteiger charge is 2.15. The zero-order chi connectivity index (χ0) is 22.1. The van der Waals surface area contributed by atoms with Gasteiger partial charge in [-0.05, 0) is 50.8 Å². The number of benzene rings is 2. The fraction of sp³-hybridized carbons (Fsp3) is 0.333. The number of ether oxygens (including phenoxy) is 1. The van der Waals surface area contributed by atoms with Crippen molar-refractivity contribution in [3.63, 3.8) is 0 Å². The van der Waals surface area contributed by atoms with Crippen LogP contribution >= 0.6 is 24.0 Å². The first-order valence-electron chi connectivity index (χ1n) is 10.4. The van der Waals surface area contributed by atoms with E-state index in [0.717, 1.165) is 29.5 Å². The molecule has 0 amide bonds. The topological polar surface area (TPSA) is 74.9 Å². The number of aliphatic imine (C=N–C) groups is 1. The molecule has 2 aromatic carbocycles. The molecule has 7 nitrogen and oxygen atoms in total. The number of aromatic nitrogens is 1. The Labute approximate surface area is 207 Å². The maximum absolute atomic E-state index is 5.61. The van der Waals surface area contributed by atoms with Crippen LogP contribution in [0.3, 0.4) is 0 Å². The van der Waals surface area contributed by atoms with Crippen LogP contribution in [0.4, 0.5) is 0 Å². The lowest BCUT2D eigenvalue weighted by Gasteiger charge is -2.26. The van der Waals surface area contributed by atoms with Crippen molar-refractivity contribution in [3.05, 3.63) is 72.1 Å². The quantitative estimate of drug-likeness (QED) is 0.235. The van der Waals surface area contributed by atoms with Gasteiger partial charge in [0.1, 0.15) is 17.7 Å². The van der Waals surface area contributed by atoms with Gasteiger partial charge in [-0.2, -0.15) is 0 Å². The van der Waals surface area contributed by atoms with E-state index in [1.165, 1.54) is 5.56 Å². The lowest BCUT2D eigenvalue weighted by Crippen LogP contribution is -2.41. The van der Waals surface area contributed by atoms with Gasteiger partial charge in [0.05, 0.1) is 19.7 Å². The zero-order valence-corrected chi connectivity index (χ0v) is 21.4. The molecule has 32 heavy (non-hydrogen) atoms. The van der Waals surface area contributed by atoms with E-state index in [4.69, 9.17) is 9.15 Å². The Kier molecular flexibility index (Phi) is 10.5. The molecule has 0 saturated heterocycles. The summed E-state index contributed by atoms with van der Waals surface area (Å²) in [6, 6.07) is 18.2. The average Bonchev–Trinajstić information content (AvgIpc) is 3.27. The second kappa shape index (κ2) is 13.1. The lowest BCUT2D eigenvalue weighted by atomic mass is 10.1. The number of likely N-dealkylation sites (N-methyl/N-ethyl adjacent to an activating group) is 1. The highest BCUT2D eigenvalue weighted by Crippen LogP contribution is 2.21. The maximum atomic E-state index is 5.61. The van der Waals surface area contributed by atoms with Gasteiger partial charge in [0.15, 0.2) is 5.96 Å². The Balaban J connectivity index is 0.00000363. The third kappa shape index (κ3) is 7.23. The molecule has 1 unspecified atom stereocenters. The van der Waals surface area contributed by atoms with Gasteiger partial charge in [-0.1, -0.05) is 30.3 Å². The van der Waals surface area contributed by atoms with Crippen molar-refractivity contribution in [2.75, 3.05) is 34.3 Å². The number of oxazole rings is 1. The van der Waals surface area contributed by atoms with E-state index < -0.39 is 0 Å². The minimum absolute atomic E-state index is 0. The van der Waals surface area contributed by atoms with E-state index in [0.29, 0.717) is 19.0 Å². The second-order valence-electron chi connectivity index (χ2n) is 7.34. The van der Waals surface area contributed by atoms with E-state index >= 15 is 0 Å². The molecule has 0 aliphatic carbocycles. The van der Waals surface area contributed by atoms with Crippen molar-refractivity contribution in [1.29, 1.82) is 0 Å². The average molecular weight is 549 g/mol. The van der Waals surface area contributed by atoms with Crippen molar-refractivity contribution < 1.29 is 9.15 Å². The number of halogens is 1. The van der Waals surface area contributed by atoms with Gasteiger partial charge in [0.25, 0.3) is 0 Å². The highest BCUT2D eigenvalue weighted by molar-refractivity contribution is 14.0. The summed E-state index contributed by atoms with van der Waals surface area (Å²) in [4.78, 5) is 11.4. The van der Waals surface area contributed by atoms with Gasteiger partial charge in [-0.25, -0.2) is 9.98 Å². The Bertz CT molecular complexity index is 958. The predicted octanol–water partition coefficient (Wildman–Crippen LogP) is 4.33. The van der Waals surface area contributed by atoms with E-state index in [-0.39, 0.29) is 30.0 Å².